The van der Waals surface area contributed by atoms with Gasteiger partial charge < -0.3 is 29.6 Å². The summed E-state index contributed by atoms with van der Waals surface area (Å²) in [6, 6.07) is 6.38. The standard InChI is InChI=1S/C16H12O7/c1-22-11-5-3-8-12(19)14(21)15(23-16(8)13(11)20)7-2-4-9(17)10(18)6-7/h2-6,17-18,20-21H,1H3. The van der Waals surface area contributed by atoms with Crippen molar-refractivity contribution in [3.63, 3.8) is 0 Å². The van der Waals surface area contributed by atoms with Crippen molar-refractivity contribution >= 4 is 11.0 Å². The molecular weight excluding hydrogens is 304 g/mol. The molecule has 0 amide bonds. The molecule has 7 heteroatoms. The number of benzene rings is 2. The molecule has 0 saturated carbocycles. The Balaban J connectivity index is 2.37. The highest BCUT2D eigenvalue weighted by Crippen LogP contribution is 2.39. The highest BCUT2D eigenvalue weighted by Gasteiger charge is 2.20. The van der Waals surface area contributed by atoms with Crippen molar-refractivity contribution in [1.82, 2.24) is 0 Å². The molecule has 0 unspecified atom stereocenters. The number of fused-ring (bicyclic) bond motifs is 1. The maximum absolute atomic E-state index is 12.3. The van der Waals surface area contributed by atoms with E-state index >= 15 is 0 Å². The first-order valence-corrected chi connectivity index (χ1v) is 6.52. The summed E-state index contributed by atoms with van der Waals surface area (Å²) in [5.74, 6) is -2.01. The average Bonchev–Trinajstić information content (AvgIpc) is 2.54. The van der Waals surface area contributed by atoms with Crippen LogP contribution in [0.5, 0.6) is 28.7 Å². The summed E-state index contributed by atoms with van der Waals surface area (Å²) in [6.45, 7) is 0. The third-order valence-corrected chi connectivity index (χ3v) is 3.43. The van der Waals surface area contributed by atoms with Gasteiger partial charge in [-0.25, -0.2) is 0 Å². The number of aromatic hydroxyl groups is 4. The van der Waals surface area contributed by atoms with Crippen molar-refractivity contribution in [1.29, 1.82) is 0 Å². The van der Waals surface area contributed by atoms with Gasteiger partial charge in [0.2, 0.25) is 16.9 Å². The van der Waals surface area contributed by atoms with Crippen LogP contribution in [0.1, 0.15) is 0 Å². The van der Waals surface area contributed by atoms with Gasteiger partial charge in [-0.2, -0.15) is 0 Å². The molecule has 1 heterocycles. The fraction of sp³-hybridized carbons (Fsp3) is 0.0625. The van der Waals surface area contributed by atoms with Gasteiger partial charge in [0.1, 0.15) is 0 Å². The van der Waals surface area contributed by atoms with E-state index < -0.39 is 16.9 Å². The van der Waals surface area contributed by atoms with Crippen LogP contribution in [0.15, 0.2) is 39.5 Å². The van der Waals surface area contributed by atoms with Crippen LogP contribution in [0.4, 0.5) is 0 Å². The van der Waals surface area contributed by atoms with Crippen molar-refractivity contribution < 1.29 is 29.6 Å². The molecule has 0 atom stereocenters. The van der Waals surface area contributed by atoms with Crippen LogP contribution < -0.4 is 10.2 Å². The van der Waals surface area contributed by atoms with Crippen LogP contribution in [0.3, 0.4) is 0 Å². The van der Waals surface area contributed by atoms with Crippen molar-refractivity contribution in [2.75, 3.05) is 7.11 Å². The second kappa shape index (κ2) is 5.13. The van der Waals surface area contributed by atoms with Crippen molar-refractivity contribution in [3.8, 4) is 40.1 Å². The molecule has 0 saturated heterocycles. The monoisotopic (exact) mass is 316 g/mol. The zero-order valence-corrected chi connectivity index (χ0v) is 11.9. The van der Waals surface area contributed by atoms with Gasteiger partial charge in [0.25, 0.3) is 0 Å². The summed E-state index contributed by atoms with van der Waals surface area (Å²) < 4.78 is 10.4. The molecule has 0 bridgehead atoms. The largest absolute Gasteiger partial charge is 0.504 e. The Hall–Kier alpha value is -3.35. The SMILES string of the molecule is COc1ccc2c(=O)c(O)c(-c3ccc(O)c(O)c3)oc2c1O. The molecule has 3 rings (SSSR count). The van der Waals surface area contributed by atoms with E-state index in [0.717, 1.165) is 6.07 Å². The lowest BCUT2D eigenvalue weighted by molar-refractivity contribution is 0.370. The number of phenols is 3. The van der Waals surface area contributed by atoms with Gasteiger partial charge in [-0.1, -0.05) is 0 Å². The van der Waals surface area contributed by atoms with Crippen LogP contribution in [0.25, 0.3) is 22.3 Å². The van der Waals surface area contributed by atoms with E-state index in [1.807, 2.05) is 0 Å². The minimum Gasteiger partial charge on any atom is -0.504 e. The zero-order valence-electron chi connectivity index (χ0n) is 11.9. The second-order valence-corrected chi connectivity index (χ2v) is 4.81. The van der Waals surface area contributed by atoms with Crippen LogP contribution in [0, 0.1) is 0 Å². The van der Waals surface area contributed by atoms with Gasteiger partial charge in [-0.15, -0.1) is 0 Å². The van der Waals surface area contributed by atoms with Gasteiger partial charge in [-0.3, -0.25) is 4.79 Å². The number of hydrogen-bond donors (Lipinski definition) is 4. The normalized spacial score (nSPS) is 10.8. The fourth-order valence-electron chi connectivity index (χ4n) is 2.24. The van der Waals surface area contributed by atoms with E-state index in [1.165, 1.54) is 31.4 Å². The number of rotatable bonds is 2. The predicted octanol–water partition coefficient (Wildman–Crippen LogP) is 2.29. The molecule has 1 aromatic heterocycles. The number of hydrogen-bond acceptors (Lipinski definition) is 7. The Kier molecular flexibility index (Phi) is 3.25. The first-order valence-electron chi connectivity index (χ1n) is 6.52. The molecule has 2 aromatic carbocycles. The maximum atomic E-state index is 12.3. The molecule has 0 spiro atoms. The lowest BCUT2D eigenvalue weighted by Crippen LogP contribution is -2.03. The molecule has 23 heavy (non-hydrogen) atoms. The van der Waals surface area contributed by atoms with E-state index in [2.05, 4.69) is 0 Å². The second-order valence-electron chi connectivity index (χ2n) is 4.81. The summed E-state index contributed by atoms with van der Waals surface area (Å²) in [5.41, 5.74) is -0.750. The lowest BCUT2D eigenvalue weighted by atomic mass is 10.1. The molecule has 0 radical (unpaired) electrons. The van der Waals surface area contributed by atoms with Gasteiger partial charge >= 0.3 is 0 Å². The minimum atomic E-state index is -0.744. The van der Waals surface area contributed by atoms with Gasteiger partial charge in [-0.05, 0) is 30.3 Å². The first kappa shape index (κ1) is 14.6. The maximum Gasteiger partial charge on any atom is 0.235 e. The smallest absolute Gasteiger partial charge is 0.235 e. The van der Waals surface area contributed by atoms with Crippen LogP contribution in [0.2, 0.25) is 0 Å². The summed E-state index contributed by atoms with van der Waals surface area (Å²) in [7, 11) is 1.35. The van der Waals surface area contributed by atoms with Gasteiger partial charge in [0.05, 0.1) is 12.5 Å². The van der Waals surface area contributed by atoms with Crippen LogP contribution in [-0.2, 0) is 0 Å². The molecule has 0 aliphatic carbocycles. The zero-order chi connectivity index (χ0) is 16.7. The van der Waals surface area contributed by atoms with E-state index in [9.17, 15) is 25.2 Å². The summed E-state index contributed by atoms with van der Waals surface area (Å²) >= 11 is 0. The molecule has 4 N–H and O–H groups in total. The molecule has 0 aliphatic rings. The van der Waals surface area contributed by atoms with E-state index in [1.54, 1.807) is 0 Å². The van der Waals surface area contributed by atoms with Crippen molar-refractivity contribution in [2.24, 2.45) is 0 Å². The Morgan fingerprint density at radius 3 is 2.35 bits per heavy atom. The summed E-state index contributed by atoms with van der Waals surface area (Å²) in [5, 5.41) is 39.0. The highest BCUT2D eigenvalue weighted by atomic mass is 16.5. The number of phenolic OH excluding ortho intramolecular Hbond substituents is 3. The number of methoxy groups -OCH3 is 1. The van der Waals surface area contributed by atoms with E-state index in [-0.39, 0.29) is 39.5 Å². The molecule has 0 fully saturated rings. The Bertz CT molecular complexity index is 972. The van der Waals surface area contributed by atoms with E-state index in [0.29, 0.717) is 0 Å². The average molecular weight is 316 g/mol. The van der Waals surface area contributed by atoms with Crippen LogP contribution in [-0.4, -0.2) is 27.5 Å². The minimum absolute atomic E-state index is 0.0208. The van der Waals surface area contributed by atoms with E-state index in [4.69, 9.17) is 9.15 Å². The van der Waals surface area contributed by atoms with Gasteiger partial charge in [0, 0.05) is 5.56 Å². The molecule has 118 valence electrons. The summed E-state index contributed by atoms with van der Waals surface area (Å²) in [6.07, 6.45) is 0. The number of ether oxygens (including phenoxy) is 1. The van der Waals surface area contributed by atoms with Gasteiger partial charge in [0.15, 0.2) is 28.6 Å². The van der Waals surface area contributed by atoms with Crippen molar-refractivity contribution in [2.45, 2.75) is 0 Å². The molecule has 7 nitrogen and oxygen atoms in total. The third-order valence-electron chi connectivity index (χ3n) is 3.43. The Morgan fingerprint density at radius 2 is 1.70 bits per heavy atom. The fourth-order valence-corrected chi connectivity index (χ4v) is 2.24. The molecule has 3 aromatic rings. The summed E-state index contributed by atoms with van der Waals surface area (Å²) in [4.78, 5) is 12.3. The third kappa shape index (κ3) is 2.18. The lowest BCUT2D eigenvalue weighted by Gasteiger charge is -2.09. The first-order chi connectivity index (χ1) is 10.9. The topological polar surface area (TPSA) is 120 Å². The predicted molar refractivity (Wildman–Crippen MR) is 81.1 cm³/mol. The Labute approximate surface area is 129 Å². The van der Waals surface area contributed by atoms with Crippen LogP contribution >= 0.6 is 0 Å². The molecule has 0 aliphatic heterocycles. The molecular formula is C16H12O7. The quantitative estimate of drug-likeness (QED) is 0.535. The van der Waals surface area contributed by atoms with Crippen molar-refractivity contribution in [3.05, 3.63) is 40.6 Å². The Morgan fingerprint density at radius 1 is 0.957 bits per heavy atom. The highest BCUT2D eigenvalue weighted by molar-refractivity contribution is 5.88.